The highest BCUT2D eigenvalue weighted by atomic mass is 32.2. The van der Waals surface area contributed by atoms with Gasteiger partial charge in [0.05, 0.1) is 24.5 Å². The minimum Gasteiger partial charge on any atom is -0.493 e. The average molecular weight is 369 g/mol. The van der Waals surface area contributed by atoms with Crippen molar-refractivity contribution in [1.82, 2.24) is 5.32 Å². The van der Waals surface area contributed by atoms with Crippen molar-refractivity contribution in [2.75, 3.05) is 18.1 Å². The molecule has 0 unspecified atom stereocenters. The lowest BCUT2D eigenvalue weighted by molar-refractivity contribution is -0.155. The number of carbonyl (C=O) groups is 2. The van der Waals surface area contributed by atoms with Gasteiger partial charge in [0.15, 0.2) is 15.9 Å². The molecule has 138 valence electrons. The Kier molecular flexibility index (Phi) is 6.41. The number of benzene rings is 1. The number of sulfone groups is 1. The van der Waals surface area contributed by atoms with Crippen molar-refractivity contribution >= 4 is 21.7 Å². The molecule has 0 saturated carbocycles. The number of aryl methyl sites for hydroxylation is 1. The highest BCUT2D eigenvalue weighted by Crippen LogP contribution is 2.13. The highest BCUT2D eigenvalue weighted by molar-refractivity contribution is 7.91. The Morgan fingerprint density at radius 2 is 1.96 bits per heavy atom. The molecule has 1 heterocycles. The number of hydrogen-bond acceptors (Lipinski definition) is 6. The van der Waals surface area contributed by atoms with E-state index in [-0.39, 0.29) is 24.5 Å². The molecule has 7 nitrogen and oxygen atoms in total. The van der Waals surface area contributed by atoms with E-state index < -0.39 is 33.9 Å². The lowest BCUT2D eigenvalue weighted by Gasteiger charge is -2.16. The second kappa shape index (κ2) is 8.33. The van der Waals surface area contributed by atoms with Crippen molar-refractivity contribution in [3.8, 4) is 5.75 Å². The van der Waals surface area contributed by atoms with E-state index >= 15 is 0 Å². The van der Waals surface area contributed by atoms with Crippen LogP contribution in [0.2, 0.25) is 0 Å². The Morgan fingerprint density at radius 1 is 1.28 bits per heavy atom. The first-order valence-corrected chi connectivity index (χ1v) is 9.97. The lowest BCUT2D eigenvalue weighted by atomic mass is 10.2. The summed E-state index contributed by atoms with van der Waals surface area (Å²) in [7, 11) is -3.07. The van der Waals surface area contributed by atoms with Crippen LogP contribution < -0.4 is 10.1 Å². The molecule has 1 aliphatic rings. The third-order valence-electron chi connectivity index (χ3n) is 3.85. The van der Waals surface area contributed by atoms with Crippen molar-refractivity contribution in [2.45, 2.75) is 38.8 Å². The summed E-state index contributed by atoms with van der Waals surface area (Å²) in [6, 6.07) is 7.02. The summed E-state index contributed by atoms with van der Waals surface area (Å²) in [5, 5.41) is 2.60. The molecule has 1 aliphatic heterocycles. The van der Waals surface area contributed by atoms with Crippen LogP contribution in [0.5, 0.6) is 5.75 Å². The van der Waals surface area contributed by atoms with Crippen LogP contribution in [0.1, 0.15) is 25.3 Å². The SMILES string of the molecule is Cc1ccc(OCCC(=O)O[C@H](C)C(=O)N[C@H]2CCS(=O)(=O)C2)cc1. The van der Waals surface area contributed by atoms with E-state index in [1.165, 1.54) is 6.92 Å². The van der Waals surface area contributed by atoms with Crippen molar-refractivity contribution in [3.05, 3.63) is 29.8 Å². The summed E-state index contributed by atoms with van der Waals surface area (Å²) in [6.45, 7) is 3.57. The molecule has 8 heteroatoms. The molecule has 25 heavy (non-hydrogen) atoms. The van der Waals surface area contributed by atoms with Crippen molar-refractivity contribution < 1.29 is 27.5 Å². The molecule has 0 aliphatic carbocycles. The van der Waals surface area contributed by atoms with Crippen LogP contribution in [-0.4, -0.2) is 50.6 Å². The monoisotopic (exact) mass is 369 g/mol. The summed E-state index contributed by atoms with van der Waals surface area (Å²) in [6.07, 6.45) is -0.571. The van der Waals surface area contributed by atoms with Crippen LogP contribution in [0.25, 0.3) is 0 Å². The molecule has 1 amide bonds. The standard InChI is InChI=1S/C17H23NO6S/c1-12-3-5-15(6-4-12)23-9-7-16(19)24-13(2)17(20)18-14-8-10-25(21,22)11-14/h3-6,13-14H,7-11H2,1-2H3,(H,18,20)/t13-,14+/m1/s1. The molecule has 0 radical (unpaired) electrons. The summed E-state index contributed by atoms with van der Waals surface area (Å²) >= 11 is 0. The van der Waals surface area contributed by atoms with Crippen LogP contribution in [-0.2, 0) is 24.2 Å². The Balaban J connectivity index is 1.68. The maximum atomic E-state index is 12.0. The van der Waals surface area contributed by atoms with E-state index in [0.717, 1.165) is 5.56 Å². The van der Waals surface area contributed by atoms with E-state index in [9.17, 15) is 18.0 Å². The van der Waals surface area contributed by atoms with Gasteiger partial charge in [-0.15, -0.1) is 0 Å². The molecule has 1 aromatic carbocycles. The summed E-state index contributed by atoms with van der Waals surface area (Å²) in [5.41, 5.74) is 1.11. The number of esters is 1. The molecule has 1 aromatic rings. The average Bonchev–Trinajstić information content (AvgIpc) is 2.88. The van der Waals surface area contributed by atoms with E-state index in [1.807, 2.05) is 31.2 Å². The van der Waals surface area contributed by atoms with Crippen LogP contribution in [0.3, 0.4) is 0 Å². The Labute approximate surface area is 147 Å². The number of hydrogen-bond donors (Lipinski definition) is 1. The second-order valence-corrected chi connectivity index (χ2v) is 8.38. The zero-order valence-electron chi connectivity index (χ0n) is 14.4. The third kappa shape index (κ3) is 6.38. The molecule has 1 saturated heterocycles. The Morgan fingerprint density at radius 3 is 2.56 bits per heavy atom. The number of nitrogens with one attached hydrogen (secondary N) is 1. The van der Waals surface area contributed by atoms with Gasteiger partial charge in [-0.2, -0.15) is 0 Å². The molecule has 2 atom stereocenters. The summed E-state index contributed by atoms with van der Waals surface area (Å²) in [5.74, 6) is -0.373. The van der Waals surface area contributed by atoms with Gasteiger partial charge in [0.25, 0.3) is 5.91 Å². The Hall–Kier alpha value is -2.09. The van der Waals surface area contributed by atoms with Crippen LogP contribution in [0.4, 0.5) is 0 Å². The maximum absolute atomic E-state index is 12.0. The van der Waals surface area contributed by atoms with E-state index in [1.54, 1.807) is 0 Å². The van der Waals surface area contributed by atoms with Gasteiger partial charge >= 0.3 is 5.97 Å². The van der Waals surface area contributed by atoms with E-state index in [0.29, 0.717) is 12.2 Å². The lowest BCUT2D eigenvalue weighted by Crippen LogP contribution is -2.42. The van der Waals surface area contributed by atoms with Crippen LogP contribution in [0.15, 0.2) is 24.3 Å². The van der Waals surface area contributed by atoms with Gasteiger partial charge in [-0.05, 0) is 32.4 Å². The fourth-order valence-corrected chi connectivity index (χ4v) is 4.10. The number of ether oxygens (including phenoxy) is 2. The normalized spacial score (nSPS) is 19.8. The second-order valence-electron chi connectivity index (χ2n) is 6.15. The molecule has 1 N–H and O–H groups in total. The van der Waals surface area contributed by atoms with Gasteiger partial charge in [-0.25, -0.2) is 8.42 Å². The zero-order chi connectivity index (χ0) is 18.4. The molecular formula is C17H23NO6S. The molecular weight excluding hydrogens is 346 g/mol. The van der Waals surface area contributed by atoms with Gasteiger partial charge in [-0.3, -0.25) is 9.59 Å². The van der Waals surface area contributed by atoms with Crippen molar-refractivity contribution in [2.24, 2.45) is 0 Å². The third-order valence-corrected chi connectivity index (χ3v) is 5.62. The largest absolute Gasteiger partial charge is 0.493 e. The fourth-order valence-electron chi connectivity index (χ4n) is 2.42. The summed E-state index contributed by atoms with van der Waals surface area (Å²) < 4.78 is 33.2. The predicted molar refractivity (Wildman–Crippen MR) is 92.0 cm³/mol. The number of carbonyl (C=O) groups excluding carboxylic acids is 2. The zero-order valence-corrected chi connectivity index (χ0v) is 15.2. The van der Waals surface area contributed by atoms with Gasteiger partial charge in [-0.1, -0.05) is 17.7 Å². The van der Waals surface area contributed by atoms with Gasteiger partial charge < -0.3 is 14.8 Å². The maximum Gasteiger partial charge on any atom is 0.310 e. The first-order valence-electron chi connectivity index (χ1n) is 8.15. The fraction of sp³-hybridized carbons (Fsp3) is 0.529. The van der Waals surface area contributed by atoms with Crippen molar-refractivity contribution in [1.29, 1.82) is 0 Å². The minimum absolute atomic E-state index is 0.0172. The van der Waals surface area contributed by atoms with E-state index in [2.05, 4.69) is 5.32 Å². The number of rotatable bonds is 7. The van der Waals surface area contributed by atoms with Crippen molar-refractivity contribution in [3.63, 3.8) is 0 Å². The molecule has 1 fully saturated rings. The predicted octanol–water partition coefficient (Wildman–Crippen LogP) is 0.999. The quantitative estimate of drug-likeness (QED) is 0.720. The Bertz CT molecular complexity index is 713. The topological polar surface area (TPSA) is 98.8 Å². The van der Waals surface area contributed by atoms with E-state index in [4.69, 9.17) is 9.47 Å². The first-order chi connectivity index (χ1) is 11.7. The van der Waals surface area contributed by atoms with Crippen LogP contribution >= 0.6 is 0 Å². The minimum atomic E-state index is -3.07. The number of amides is 1. The van der Waals surface area contributed by atoms with Crippen LogP contribution in [0, 0.1) is 6.92 Å². The van der Waals surface area contributed by atoms with Gasteiger partial charge in [0, 0.05) is 6.04 Å². The van der Waals surface area contributed by atoms with Gasteiger partial charge in [0.2, 0.25) is 0 Å². The van der Waals surface area contributed by atoms with Gasteiger partial charge in [0.1, 0.15) is 5.75 Å². The molecule has 0 aromatic heterocycles. The summed E-state index contributed by atoms with van der Waals surface area (Å²) in [4.78, 5) is 23.7. The molecule has 2 rings (SSSR count). The molecule has 0 spiro atoms. The first kappa shape index (κ1) is 19.2. The smallest absolute Gasteiger partial charge is 0.310 e. The highest BCUT2D eigenvalue weighted by Gasteiger charge is 2.30. The molecule has 0 bridgehead atoms.